The highest BCUT2D eigenvalue weighted by Gasteiger charge is 2.18. The predicted octanol–water partition coefficient (Wildman–Crippen LogP) is 4.80. The van der Waals surface area contributed by atoms with Gasteiger partial charge in [-0.3, -0.25) is 4.79 Å². The summed E-state index contributed by atoms with van der Waals surface area (Å²) >= 11 is 0. The van der Waals surface area contributed by atoms with Crippen molar-refractivity contribution in [1.29, 1.82) is 0 Å². The van der Waals surface area contributed by atoms with Crippen LogP contribution in [0.5, 0.6) is 34.5 Å². The van der Waals surface area contributed by atoms with Gasteiger partial charge in [-0.05, 0) is 53.1 Å². The Bertz CT molecular complexity index is 1520. The Labute approximate surface area is 238 Å². The highest BCUT2D eigenvalue weighted by molar-refractivity contribution is 6.04. The number of benzene rings is 3. The molecule has 0 saturated carbocycles. The zero-order valence-electron chi connectivity index (χ0n) is 23.8. The molecule has 0 atom stereocenters. The van der Waals surface area contributed by atoms with Gasteiger partial charge in [-0.15, -0.1) is 5.10 Å². The molecule has 214 valence electrons. The number of ether oxygens (including phenoxy) is 6. The van der Waals surface area contributed by atoms with E-state index in [1.54, 1.807) is 51.5 Å². The third-order valence-corrected chi connectivity index (χ3v) is 6.15. The summed E-state index contributed by atoms with van der Waals surface area (Å²) in [5, 5.41) is 11.0. The Balaban J connectivity index is 1.58. The smallest absolute Gasteiger partial charge is 0.277 e. The van der Waals surface area contributed by atoms with Crippen LogP contribution in [0.25, 0.3) is 12.2 Å². The topological polar surface area (TPSA) is 115 Å². The Morgan fingerprint density at radius 1 is 0.780 bits per heavy atom. The van der Waals surface area contributed by atoms with Gasteiger partial charge in [-0.25, -0.2) is 4.68 Å². The van der Waals surface area contributed by atoms with Crippen LogP contribution in [0.15, 0.2) is 54.7 Å². The lowest BCUT2D eigenvalue weighted by Crippen LogP contribution is -2.13. The molecular weight excluding hydrogens is 528 g/mol. The van der Waals surface area contributed by atoms with Crippen molar-refractivity contribution in [2.45, 2.75) is 6.54 Å². The van der Waals surface area contributed by atoms with Crippen molar-refractivity contribution in [3.8, 4) is 34.5 Å². The highest BCUT2D eigenvalue weighted by Crippen LogP contribution is 2.40. The zero-order valence-corrected chi connectivity index (χ0v) is 23.8. The number of rotatable bonds is 12. The van der Waals surface area contributed by atoms with Crippen LogP contribution in [0, 0.1) is 0 Å². The van der Waals surface area contributed by atoms with Crippen molar-refractivity contribution in [2.75, 3.05) is 48.0 Å². The molecule has 0 radical (unpaired) electrons. The first-order chi connectivity index (χ1) is 19.9. The maximum atomic E-state index is 13.1. The minimum Gasteiger partial charge on any atom is -0.497 e. The van der Waals surface area contributed by atoms with Crippen molar-refractivity contribution < 1.29 is 33.2 Å². The van der Waals surface area contributed by atoms with E-state index in [9.17, 15) is 4.79 Å². The predicted molar refractivity (Wildman–Crippen MR) is 155 cm³/mol. The van der Waals surface area contributed by atoms with E-state index in [4.69, 9.17) is 28.4 Å². The zero-order chi connectivity index (χ0) is 29.4. The summed E-state index contributed by atoms with van der Waals surface area (Å²) in [5.74, 6) is 2.67. The van der Waals surface area contributed by atoms with Crippen LogP contribution in [-0.2, 0) is 6.54 Å². The number of nitrogens with one attached hydrogen (secondary N) is 1. The molecule has 0 aliphatic carbocycles. The van der Waals surface area contributed by atoms with Crippen LogP contribution in [0.1, 0.15) is 27.2 Å². The summed E-state index contributed by atoms with van der Waals surface area (Å²) in [4.78, 5) is 13.1. The normalized spacial score (nSPS) is 10.8. The summed E-state index contributed by atoms with van der Waals surface area (Å²) in [5.41, 5.74) is 3.07. The number of carbonyl (C=O) groups is 1. The molecule has 1 heterocycles. The summed E-state index contributed by atoms with van der Waals surface area (Å²) < 4.78 is 34.2. The summed E-state index contributed by atoms with van der Waals surface area (Å²) in [6.07, 6.45) is 5.32. The molecule has 41 heavy (non-hydrogen) atoms. The summed E-state index contributed by atoms with van der Waals surface area (Å²) in [6.45, 7) is 0.426. The molecule has 11 heteroatoms. The van der Waals surface area contributed by atoms with Crippen LogP contribution in [0.3, 0.4) is 0 Å². The first-order valence-electron chi connectivity index (χ1n) is 12.5. The number of anilines is 1. The number of hydrogen-bond donors (Lipinski definition) is 1. The molecule has 0 spiro atoms. The highest BCUT2D eigenvalue weighted by atomic mass is 16.5. The number of methoxy groups -OCH3 is 6. The van der Waals surface area contributed by atoms with Crippen LogP contribution >= 0.6 is 0 Å². The van der Waals surface area contributed by atoms with Gasteiger partial charge < -0.3 is 33.7 Å². The second-order valence-electron chi connectivity index (χ2n) is 8.70. The van der Waals surface area contributed by atoms with Crippen molar-refractivity contribution >= 4 is 23.7 Å². The molecule has 1 aromatic heterocycles. The SMILES string of the molecule is COc1cccc(Cn2cc(C(=O)Nc3cc(/C=C\c4cc(OC)c(OC)c(OC)c4)cc(OC)c3OC)nn2)c1. The fraction of sp³-hybridized carbons (Fsp3) is 0.233. The van der Waals surface area contributed by atoms with Crippen LogP contribution in [0.4, 0.5) is 5.69 Å². The molecule has 0 saturated heterocycles. The maximum Gasteiger partial charge on any atom is 0.277 e. The average molecular weight is 561 g/mol. The molecule has 0 aliphatic heterocycles. The van der Waals surface area contributed by atoms with Gasteiger partial charge in [-0.2, -0.15) is 0 Å². The minimum absolute atomic E-state index is 0.146. The van der Waals surface area contributed by atoms with Gasteiger partial charge in [0, 0.05) is 0 Å². The quantitative estimate of drug-likeness (QED) is 0.244. The largest absolute Gasteiger partial charge is 0.497 e. The molecule has 3 aromatic carbocycles. The van der Waals surface area contributed by atoms with E-state index >= 15 is 0 Å². The van der Waals surface area contributed by atoms with E-state index in [1.165, 1.54) is 14.2 Å². The van der Waals surface area contributed by atoms with Gasteiger partial charge >= 0.3 is 0 Å². The second kappa shape index (κ2) is 13.2. The van der Waals surface area contributed by atoms with Crippen molar-refractivity contribution in [3.05, 3.63) is 77.1 Å². The fourth-order valence-corrected chi connectivity index (χ4v) is 4.19. The third-order valence-electron chi connectivity index (χ3n) is 6.15. The van der Waals surface area contributed by atoms with Crippen molar-refractivity contribution in [1.82, 2.24) is 15.0 Å². The standard InChI is InChI=1S/C30H32N4O7/c1-36-22-9-7-8-21(12-22)17-34-18-24(32-33-34)30(35)31-23-13-19(14-25(37-2)28(23)40-5)10-11-20-15-26(38-3)29(41-6)27(16-20)39-4/h7-16,18H,17H2,1-6H3,(H,31,35)/b11-10-. The minimum atomic E-state index is -0.451. The van der Waals surface area contributed by atoms with Crippen LogP contribution < -0.4 is 33.7 Å². The number of aromatic nitrogens is 3. The van der Waals surface area contributed by atoms with E-state index in [0.717, 1.165) is 22.4 Å². The maximum absolute atomic E-state index is 13.1. The molecular formula is C30H32N4O7. The lowest BCUT2D eigenvalue weighted by atomic mass is 10.1. The summed E-state index contributed by atoms with van der Waals surface area (Å²) in [7, 11) is 9.32. The Hall–Kier alpha value is -5.19. The second-order valence-corrected chi connectivity index (χ2v) is 8.70. The van der Waals surface area contributed by atoms with E-state index in [-0.39, 0.29) is 5.69 Å². The average Bonchev–Trinajstić information content (AvgIpc) is 3.47. The van der Waals surface area contributed by atoms with Crippen LogP contribution in [-0.4, -0.2) is 63.6 Å². The van der Waals surface area contributed by atoms with E-state index < -0.39 is 5.91 Å². The molecule has 0 bridgehead atoms. The number of nitrogens with zero attached hydrogens (tertiary/aromatic N) is 3. The van der Waals surface area contributed by atoms with Gasteiger partial charge in [0.25, 0.3) is 5.91 Å². The molecule has 4 rings (SSSR count). The molecule has 4 aromatic rings. The van der Waals surface area contributed by atoms with Crippen LogP contribution in [0.2, 0.25) is 0 Å². The molecule has 1 N–H and O–H groups in total. The first kappa shape index (κ1) is 28.8. The molecule has 0 unspecified atom stereocenters. The Kier molecular flexibility index (Phi) is 9.31. The molecule has 0 fully saturated rings. The van der Waals surface area contributed by atoms with Gasteiger partial charge in [0.05, 0.1) is 61.1 Å². The molecule has 0 aliphatic rings. The van der Waals surface area contributed by atoms with Crippen molar-refractivity contribution in [2.24, 2.45) is 0 Å². The number of amides is 1. The fourth-order valence-electron chi connectivity index (χ4n) is 4.19. The van der Waals surface area contributed by atoms with E-state index in [2.05, 4.69) is 15.6 Å². The number of carbonyl (C=O) groups excluding carboxylic acids is 1. The third kappa shape index (κ3) is 6.70. The van der Waals surface area contributed by atoms with E-state index in [1.807, 2.05) is 48.6 Å². The summed E-state index contributed by atoms with van der Waals surface area (Å²) in [6, 6.07) is 14.8. The van der Waals surface area contributed by atoms with Crippen molar-refractivity contribution in [3.63, 3.8) is 0 Å². The number of hydrogen-bond acceptors (Lipinski definition) is 9. The molecule has 11 nitrogen and oxygen atoms in total. The van der Waals surface area contributed by atoms with Gasteiger partial charge in [0.2, 0.25) is 5.75 Å². The molecule has 1 amide bonds. The Morgan fingerprint density at radius 2 is 1.39 bits per heavy atom. The first-order valence-corrected chi connectivity index (χ1v) is 12.5. The van der Waals surface area contributed by atoms with E-state index in [0.29, 0.717) is 41.0 Å². The lowest BCUT2D eigenvalue weighted by Gasteiger charge is -2.15. The van der Waals surface area contributed by atoms with Gasteiger partial charge in [0.1, 0.15) is 5.75 Å². The van der Waals surface area contributed by atoms with Gasteiger partial charge in [0.15, 0.2) is 28.7 Å². The Morgan fingerprint density at radius 3 is 1.98 bits per heavy atom. The van der Waals surface area contributed by atoms with Gasteiger partial charge in [-0.1, -0.05) is 29.5 Å². The lowest BCUT2D eigenvalue weighted by molar-refractivity contribution is 0.102. The monoisotopic (exact) mass is 560 g/mol.